The van der Waals surface area contributed by atoms with Crippen molar-refractivity contribution in [2.75, 3.05) is 20.2 Å². The maximum atomic E-state index is 13.5. The zero-order valence-corrected chi connectivity index (χ0v) is 19.7. The van der Waals surface area contributed by atoms with Gasteiger partial charge < -0.3 is 4.74 Å². The predicted octanol–water partition coefficient (Wildman–Crippen LogP) is 5.68. The van der Waals surface area contributed by atoms with Gasteiger partial charge in [-0.3, -0.25) is 9.69 Å². The number of hydrogen-bond donors (Lipinski definition) is 0. The molecular formula is C26H32ClN3O2. The van der Waals surface area contributed by atoms with Crippen LogP contribution in [0.25, 0.3) is 0 Å². The molecule has 0 radical (unpaired) electrons. The lowest BCUT2D eigenvalue weighted by Crippen LogP contribution is -2.44. The van der Waals surface area contributed by atoms with Crippen molar-refractivity contribution in [3.05, 3.63) is 64.7 Å². The van der Waals surface area contributed by atoms with Crippen molar-refractivity contribution in [2.24, 2.45) is 5.10 Å². The number of rotatable bonds is 7. The van der Waals surface area contributed by atoms with Crippen LogP contribution in [0.3, 0.4) is 0 Å². The minimum atomic E-state index is -0.133. The van der Waals surface area contributed by atoms with Gasteiger partial charge in [0, 0.05) is 23.0 Å². The maximum Gasteiger partial charge on any atom is 0.257 e. The Morgan fingerprint density at radius 2 is 1.91 bits per heavy atom. The van der Waals surface area contributed by atoms with E-state index in [0.29, 0.717) is 24.0 Å². The normalized spacial score (nSPS) is 19.3. The van der Waals surface area contributed by atoms with E-state index >= 15 is 0 Å². The van der Waals surface area contributed by atoms with Crippen molar-refractivity contribution < 1.29 is 9.53 Å². The van der Waals surface area contributed by atoms with E-state index in [1.54, 1.807) is 12.1 Å². The highest BCUT2D eigenvalue weighted by molar-refractivity contribution is 6.30. The summed E-state index contributed by atoms with van der Waals surface area (Å²) >= 11 is 6.12. The van der Waals surface area contributed by atoms with Gasteiger partial charge in [0.25, 0.3) is 5.91 Å². The summed E-state index contributed by atoms with van der Waals surface area (Å²) in [6.07, 6.45) is 6.84. The van der Waals surface area contributed by atoms with Gasteiger partial charge >= 0.3 is 0 Å². The van der Waals surface area contributed by atoms with Crippen LogP contribution >= 0.6 is 11.6 Å². The Morgan fingerprint density at radius 3 is 2.59 bits per heavy atom. The van der Waals surface area contributed by atoms with E-state index in [-0.39, 0.29) is 11.9 Å². The fourth-order valence-corrected chi connectivity index (χ4v) is 4.98. The largest absolute Gasteiger partial charge is 0.497 e. The summed E-state index contributed by atoms with van der Waals surface area (Å²) in [6, 6.07) is 16.0. The van der Waals surface area contributed by atoms with Crippen molar-refractivity contribution >= 4 is 23.2 Å². The molecule has 170 valence electrons. The molecule has 1 aliphatic heterocycles. The SMILES string of the molecule is CCN(CC(=O)N1N=C(c2cccc(OC)c2)CC1c1ccc(Cl)cc1)C1CCCCC1. The minimum Gasteiger partial charge on any atom is -0.497 e. The molecule has 5 nitrogen and oxygen atoms in total. The fourth-order valence-electron chi connectivity index (χ4n) is 4.85. The standard InChI is InChI=1S/C26H32ClN3O2/c1-3-29(22-9-5-4-6-10-22)18-26(31)30-25(19-12-14-21(27)15-13-19)17-24(28-30)20-8-7-11-23(16-20)32-2/h7-8,11-16,22,25H,3-6,9-10,17-18H2,1-2H3. The van der Waals surface area contributed by atoms with Crippen LogP contribution in [0, 0.1) is 0 Å². The van der Waals surface area contributed by atoms with Gasteiger partial charge in [-0.05, 0) is 49.2 Å². The van der Waals surface area contributed by atoms with E-state index in [4.69, 9.17) is 21.4 Å². The van der Waals surface area contributed by atoms with Crippen molar-refractivity contribution in [3.63, 3.8) is 0 Å². The molecule has 0 N–H and O–H groups in total. The third kappa shape index (κ3) is 5.16. The maximum absolute atomic E-state index is 13.5. The Bertz CT molecular complexity index is 954. The lowest BCUT2D eigenvalue weighted by molar-refractivity contribution is -0.135. The average Bonchev–Trinajstić information content (AvgIpc) is 3.29. The molecule has 0 bridgehead atoms. The van der Waals surface area contributed by atoms with Gasteiger partial charge in [-0.1, -0.05) is 62.1 Å². The molecule has 32 heavy (non-hydrogen) atoms. The van der Waals surface area contributed by atoms with E-state index < -0.39 is 0 Å². The molecule has 4 rings (SSSR count). The van der Waals surface area contributed by atoms with Crippen LogP contribution in [-0.4, -0.2) is 47.8 Å². The van der Waals surface area contributed by atoms with Crippen LogP contribution in [0.4, 0.5) is 0 Å². The number of carbonyl (C=O) groups excluding carboxylic acids is 1. The number of ether oxygens (including phenoxy) is 1. The number of carbonyl (C=O) groups is 1. The lowest BCUT2D eigenvalue weighted by Gasteiger charge is -2.34. The molecule has 2 aromatic rings. The summed E-state index contributed by atoms with van der Waals surface area (Å²) in [5.41, 5.74) is 2.93. The van der Waals surface area contributed by atoms with E-state index in [9.17, 15) is 4.79 Å². The third-order valence-electron chi connectivity index (χ3n) is 6.66. The van der Waals surface area contributed by atoms with Gasteiger partial charge in [-0.15, -0.1) is 0 Å². The predicted molar refractivity (Wildman–Crippen MR) is 129 cm³/mol. The summed E-state index contributed by atoms with van der Waals surface area (Å²) in [4.78, 5) is 15.9. The van der Waals surface area contributed by atoms with Crippen LogP contribution in [-0.2, 0) is 4.79 Å². The van der Waals surface area contributed by atoms with Crippen molar-refractivity contribution in [3.8, 4) is 5.75 Å². The molecule has 0 saturated heterocycles. The minimum absolute atomic E-state index is 0.0512. The fraction of sp³-hybridized carbons (Fsp3) is 0.462. The highest BCUT2D eigenvalue weighted by atomic mass is 35.5. The Morgan fingerprint density at radius 1 is 1.16 bits per heavy atom. The number of benzene rings is 2. The number of likely N-dealkylation sites (N-methyl/N-ethyl adjacent to an activating group) is 1. The number of hydrazone groups is 1. The summed E-state index contributed by atoms with van der Waals surface area (Å²) in [5.74, 6) is 0.836. The van der Waals surface area contributed by atoms with Gasteiger partial charge in [-0.2, -0.15) is 5.10 Å². The first-order chi connectivity index (χ1) is 15.6. The highest BCUT2D eigenvalue weighted by Crippen LogP contribution is 2.34. The van der Waals surface area contributed by atoms with E-state index in [1.165, 1.54) is 32.1 Å². The molecule has 2 aliphatic rings. The molecule has 0 aromatic heterocycles. The quantitative estimate of drug-likeness (QED) is 0.541. The number of methoxy groups -OCH3 is 1. The molecular weight excluding hydrogens is 422 g/mol. The monoisotopic (exact) mass is 453 g/mol. The molecule has 0 spiro atoms. The van der Waals surface area contributed by atoms with Crippen molar-refractivity contribution in [2.45, 2.75) is 57.5 Å². The molecule has 1 amide bonds. The molecule has 6 heteroatoms. The molecule has 1 heterocycles. The molecule has 1 saturated carbocycles. The summed E-state index contributed by atoms with van der Waals surface area (Å²) in [6.45, 7) is 3.43. The van der Waals surface area contributed by atoms with Crippen LogP contribution in [0.2, 0.25) is 5.02 Å². The molecule has 1 atom stereocenters. The van der Waals surface area contributed by atoms with Crippen molar-refractivity contribution in [1.82, 2.24) is 9.91 Å². The average molecular weight is 454 g/mol. The first-order valence-electron chi connectivity index (χ1n) is 11.6. The first-order valence-corrected chi connectivity index (χ1v) is 12.0. The second-order valence-corrected chi connectivity index (χ2v) is 9.08. The Balaban J connectivity index is 1.60. The Hall–Kier alpha value is -2.37. The van der Waals surface area contributed by atoms with Gasteiger partial charge in [0.2, 0.25) is 0 Å². The Labute approximate surface area is 196 Å². The number of amides is 1. The lowest BCUT2D eigenvalue weighted by atomic mass is 9.94. The van der Waals surface area contributed by atoms with E-state index in [2.05, 4.69) is 11.8 Å². The smallest absolute Gasteiger partial charge is 0.257 e. The van der Waals surface area contributed by atoms with E-state index in [1.807, 2.05) is 48.5 Å². The van der Waals surface area contributed by atoms with Crippen molar-refractivity contribution in [1.29, 1.82) is 0 Å². The van der Waals surface area contributed by atoms with Crippen LogP contribution in [0.1, 0.15) is 62.6 Å². The van der Waals surface area contributed by atoms with Crippen LogP contribution in [0.15, 0.2) is 53.6 Å². The zero-order valence-electron chi connectivity index (χ0n) is 19.0. The molecule has 1 fully saturated rings. The topological polar surface area (TPSA) is 45.1 Å². The van der Waals surface area contributed by atoms with Gasteiger partial charge in [0.15, 0.2) is 0 Å². The second kappa shape index (κ2) is 10.5. The van der Waals surface area contributed by atoms with Gasteiger partial charge in [0.05, 0.1) is 25.4 Å². The molecule has 1 unspecified atom stereocenters. The summed E-state index contributed by atoms with van der Waals surface area (Å²) in [7, 11) is 1.66. The van der Waals surface area contributed by atoms with E-state index in [0.717, 1.165) is 29.1 Å². The van der Waals surface area contributed by atoms with Crippen LogP contribution in [0.5, 0.6) is 5.75 Å². The molecule has 1 aliphatic carbocycles. The van der Waals surface area contributed by atoms with Gasteiger partial charge in [0.1, 0.15) is 5.75 Å². The summed E-state index contributed by atoms with van der Waals surface area (Å²) in [5, 5.41) is 7.22. The Kier molecular flexibility index (Phi) is 7.48. The summed E-state index contributed by atoms with van der Waals surface area (Å²) < 4.78 is 5.39. The third-order valence-corrected chi connectivity index (χ3v) is 6.91. The first kappa shape index (κ1) is 22.8. The number of nitrogens with zero attached hydrogens (tertiary/aromatic N) is 3. The molecule has 2 aromatic carbocycles. The number of halogens is 1. The number of hydrogen-bond acceptors (Lipinski definition) is 4. The second-order valence-electron chi connectivity index (χ2n) is 8.64. The van der Waals surface area contributed by atoms with Gasteiger partial charge in [-0.25, -0.2) is 5.01 Å². The zero-order chi connectivity index (χ0) is 22.5. The highest BCUT2D eigenvalue weighted by Gasteiger charge is 2.34. The van der Waals surface area contributed by atoms with Crippen LogP contribution < -0.4 is 4.74 Å².